The molecule has 0 aliphatic carbocycles. The summed E-state index contributed by atoms with van der Waals surface area (Å²) in [5, 5.41) is 6.81. The predicted molar refractivity (Wildman–Crippen MR) is 81.1 cm³/mol. The molecule has 1 aromatic carbocycles. The van der Waals surface area contributed by atoms with Crippen molar-refractivity contribution in [2.45, 2.75) is 20.3 Å². The minimum Gasteiger partial charge on any atom is -0.465 e. The Morgan fingerprint density at radius 1 is 1.36 bits per heavy atom. The quantitative estimate of drug-likeness (QED) is 0.875. The van der Waals surface area contributed by atoms with Gasteiger partial charge in [-0.1, -0.05) is 16.8 Å². The van der Waals surface area contributed by atoms with Gasteiger partial charge in [-0.3, -0.25) is 4.79 Å². The zero-order chi connectivity index (χ0) is 16.3. The van der Waals surface area contributed by atoms with Gasteiger partial charge in [0, 0.05) is 5.56 Å². The maximum absolute atomic E-state index is 12.1. The van der Waals surface area contributed by atoms with E-state index in [1.54, 1.807) is 13.8 Å². The van der Waals surface area contributed by atoms with Gasteiger partial charge < -0.3 is 14.6 Å². The lowest BCUT2D eigenvalue weighted by molar-refractivity contribution is -0.115. The van der Waals surface area contributed by atoms with Crippen LogP contribution in [0.5, 0.6) is 0 Å². The SMILES string of the molecule is COC(=O)c1ccc(Cl)c(NC(=O)Cc2c(C)noc2C)c1. The van der Waals surface area contributed by atoms with Gasteiger partial charge in [0.2, 0.25) is 5.91 Å². The van der Waals surface area contributed by atoms with Crippen LogP contribution in [0.15, 0.2) is 22.7 Å². The largest absolute Gasteiger partial charge is 0.465 e. The van der Waals surface area contributed by atoms with E-state index in [4.69, 9.17) is 16.1 Å². The summed E-state index contributed by atoms with van der Waals surface area (Å²) in [7, 11) is 1.28. The normalized spacial score (nSPS) is 10.4. The number of ether oxygens (including phenoxy) is 1. The number of methoxy groups -OCH3 is 1. The molecule has 0 atom stereocenters. The molecule has 1 amide bonds. The van der Waals surface area contributed by atoms with Crippen molar-refractivity contribution in [1.82, 2.24) is 5.16 Å². The lowest BCUT2D eigenvalue weighted by atomic mass is 10.1. The maximum atomic E-state index is 12.1. The Hall–Kier alpha value is -2.34. The maximum Gasteiger partial charge on any atom is 0.337 e. The van der Waals surface area contributed by atoms with Gasteiger partial charge in [0.25, 0.3) is 0 Å². The molecule has 1 aromatic heterocycles. The fourth-order valence-corrected chi connectivity index (χ4v) is 2.14. The Labute approximate surface area is 132 Å². The van der Waals surface area contributed by atoms with Crippen LogP contribution in [-0.2, 0) is 16.0 Å². The number of carbonyl (C=O) groups is 2. The first-order valence-electron chi connectivity index (χ1n) is 6.52. The number of amides is 1. The summed E-state index contributed by atoms with van der Waals surface area (Å²) in [5.41, 5.74) is 2.06. The minimum absolute atomic E-state index is 0.111. The van der Waals surface area contributed by atoms with Crippen LogP contribution in [0.1, 0.15) is 27.4 Å². The molecule has 7 heteroatoms. The molecule has 6 nitrogen and oxygen atoms in total. The Kier molecular flexibility index (Phi) is 4.82. The van der Waals surface area contributed by atoms with Gasteiger partial charge in [-0.15, -0.1) is 0 Å². The van der Waals surface area contributed by atoms with Crippen molar-refractivity contribution in [3.63, 3.8) is 0 Å². The second-order valence-corrected chi connectivity index (χ2v) is 5.12. The third-order valence-corrected chi connectivity index (χ3v) is 3.51. The lowest BCUT2D eigenvalue weighted by Gasteiger charge is -2.09. The van der Waals surface area contributed by atoms with E-state index in [0.29, 0.717) is 27.7 Å². The van der Waals surface area contributed by atoms with Gasteiger partial charge in [0.15, 0.2) is 0 Å². The van der Waals surface area contributed by atoms with Crippen molar-refractivity contribution in [3.05, 3.63) is 45.8 Å². The standard InChI is InChI=1S/C15H15ClN2O4/c1-8-11(9(2)22-18-8)7-14(19)17-13-6-10(15(20)21-3)4-5-12(13)16/h4-6H,7H2,1-3H3,(H,17,19). The number of anilines is 1. The lowest BCUT2D eigenvalue weighted by Crippen LogP contribution is -2.16. The van der Waals surface area contributed by atoms with Crippen molar-refractivity contribution in [3.8, 4) is 0 Å². The summed E-state index contributed by atoms with van der Waals surface area (Å²) in [6.45, 7) is 3.51. The highest BCUT2D eigenvalue weighted by atomic mass is 35.5. The van der Waals surface area contributed by atoms with Crippen LogP contribution < -0.4 is 5.32 Å². The van der Waals surface area contributed by atoms with Gasteiger partial charge >= 0.3 is 5.97 Å². The molecule has 0 bridgehead atoms. The Balaban J connectivity index is 2.16. The zero-order valence-corrected chi connectivity index (χ0v) is 13.2. The predicted octanol–water partition coefficient (Wildman–Crippen LogP) is 2.91. The van der Waals surface area contributed by atoms with E-state index in [2.05, 4.69) is 15.2 Å². The second kappa shape index (κ2) is 6.62. The molecule has 116 valence electrons. The molecule has 0 fully saturated rings. The highest BCUT2D eigenvalue weighted by Crippen LogP contribution is 2.24. The molecular formula is C15H15ClN2O4. The first-order chi connectivity index (χ1) is 10.4. The fourth-order valence-electron chi connectivity index (χ4n) is 1.98. The molecule has 0 aliphatic rings. The number of aromatic nitrogens is 1. The Morgan fingerprint density at radius 2 is 2.09 bits per heavy atom. The molecular weight excluding hydrogens is 308 g/mol. The number of nitrogens with one attached hydrogen (secondary N) is 1. The minimum atomic E-state index is -0.502. The van der Waals surface area contributed by atoms with E-state index in [1.165, 1.54) is 25.3 Å². The van der Waals surface area contributed by atoms with Crippen molar-refractivity contribution in [2.75, 3.05) is 12.4 Å². The number of nitrogens with zero attached hydrogens (tertiary/aromatic N) is 1. The summed E-state index contributed by atoms with van der Waals surface area (Å²) in [6.07, 6.45) is 0.111. The zero-order valence-electron chi connectivity index (χ0n) is 12.4. The summed E-state index contributed by atoms with van der Waals surface area (Å²) in [4.78, 5) is 23.6. The Morgan fingerprint density at radius 3 is 2.68 bits per heavy atom. The van der Waals surface area contributed by atoms with Crippen LogP contribution in [0, 0.1) is 13.8 Å². The van der Waals surface area contributed by atoms with Crippen molar-refractivity contribution in [2.24, 2.45) is 0 Å². The molecule has 0 saturated carbocycles. The van der Waals surface area contributed by atoms with Crippen molar-refractivity contribution in [1.29, 1.82) is 0 Å². The molecule has 2 aromatic rings. The number of hydrogen-bond donors (Lipinski definition) is 1. The smallest absolute Gasteiger partial charge is 0.337 e. The topological polar surface area (TPSA) is 81.4 Å². The van der Waals surface area contributed by atoms with Crippen LogP contribution in [-0.4, -0.2) is 24.1 Å². The van der Waals surface area contributed by atoms with E-state index in [9.17, 15) is 9.59 Å². The summed E-state index contributed by atoms with van der Waals surface area (Å²) >= 11 is 6.03. The van der Waals surface area contributed by atoms with Crippen LogP contribution in [0.4, 0.5) is 5.69 Å². The molecule has 0 saturated heterocycles. The van der Waals surface area contributed by atoms with Gasteiger partial charge in [-0.05, 0) is 32.0 Å². The van der Waals surface area contributed by atoms with E-state index in [-0.39, 0.29) is 12.3 Å². The number of benzene rings is 1. The van der Waals surface area contributed by atoms with Gasteiger partial charge in [0.1, 0.15) is 5.76 Å². The fraction of sp³-hybridized carbons (Fsp3) is 0.267. The first kappa shape index (κ1) is 16.0. The van der Waals surface area contributed by atoms with E-state index in [0.717, 1.165) is 5.56 Å². The highest BCUT2D eigenvalue weighted by Gasteiger charge is 2.15. The number of halogens is 1. The summed E-state index contributed by atoms with van der Waals surface area (Å²) in [6, 6.07) is 4.52. The van der Waals surface area contributed by atoms with E-state index < -0.39 is 5.97 Å². The molecule has 0 unspecified atom stereocenters. The number of carbonyl (C=O) groups excluding carboxylic acids is 2. The number of rotatable bonds is 4. The van der Waals surface area contributed by atoms with Crippen LogP contribution >= 0.6 is 11.6 Å². The summed E-state index contributed by atoms with van der Waals surface area (Å²) in [5.74, 6) is -0.182. The molecule has 0 spiro atoms. The number of hydrogen-bond acceptors (Lipinski definition) is 5. The van der Waals surface area contributed by atoms with Crippen LogP contribution in [0.3, 0.4) is 0 Å². The van der Waals surface area contributed by atoms with Crippen molar-refractivity contribution >= 4 is 29.2 Å². The summed E-state index contributed by atoms with van der Waals surface area (Å²) < 4.78 is 9.66. The monoisotopic (exact) mass is 322 g/mol. The highest BCUT2D eigenvalue weighted by molar-refractivity contribution is 6.33. The van der Waals surface area contributed by atoms with E-state index in [1.807, 2.05) is 0 Å². The first-order valence-corrected chi connectivity index (χ1v) is 6.89. The molecule has 2 rings (SSSR count). The average Bonchev–Trinajstić information content (AvgIpc) is 2.80. The second-order valence-electron chi connectivity index (χ2n) is 4.71. The third kappa shape index (κ3) is 3.46. The molecule has 22 heavy (non-hydrogen) atoms. The molecule has 0 aliphatic heterocycles. The van der Waals surface area contributed by atoms with Gasteiger partial charge in [-0.25, -0.2) is 4.79 Å². The average molecular weight is 323 g/mol. The molecule has 1 heterocycles. The van der Waals surface area contributed by atoms with Crippen LogP contribution in [0.2, 0.25) is 5.02 Å². The van der Waals surface area contributed by atoms with Crippen molar-refractivity contribution < 1.29 is 18.8 Å². The Bertz CT molecular complexity index is 705. The van der Waals surface area contributed by atoms with Gasteiger partial charge in [0.05, 0.1) is 35.5 Å². The number of esters is 1. The molecule has 1 N–H and O–H groups in total. The third-order valence-electron chi connectivity index (χ3n) is 3.18. The van der Waals surface area contributed by atoms with Gasteiger partial charge in [-0.2, -0.15) is 0 Å². The van der Waals surface area contributed by atoms with Crippen LogP contribution in [0.25, 0.3) is 0 Å². The number of aryl methyl sites for hydroxylation is 2. The van der Waals surface area contributed by atoms with E-state index >= 15 is 0 Å². The molecule has 0 radical (unpaired) electrons.